The summed E-state index contributed by atoms with van der Waals surface area (Å²) in [5, 5.41) is 3.25. The largest absolute Gasteiger partial charge is 0.344 e. The number of carbonyl (C=O) groups is 2. The topological polar surface area (TPSA) is 52.6 Å². The van der Waals surface area contributed by atoms with Gasteiger partial charge in [0.15, 0.2) is 0 Å². The van der Waals surface area contributed by atoms with Crippen LogP contribution in [0.2, 0.25) is 0 Å². The Labute approximate surface area is 102 Å². The van der Waals surface area contributed by atoms with E-state index in [1.165, 1.54) is 0 Å². The Morgan fingerprint density at radius 2 is 2.18 bits per heavy atom. The fourth-order valence-electron chi connectivity index (χ4n) is 2.50. The molecular formula is C12H21N3O2. The predicted molar refractivity (Wildman–Crippen MR) is 64.4 cm³/mol. The van der Waals surface area contributed by atoms with E-state index in [1.807, 2.05) is 0 Å². The van der Waals surface area contributed by atoms with E-state index in [1.54, 1.807) is 16.8 Å². The summed E-state index contributed by atoms with van der Waals surface area (Å²) < 4.78 is 0. The molecule has 1 N–H and O–H groups in total. The molecule has 0 aromatic rings. The summed E-state index contributed by atoms with van der Waals surface area (Å²) in [5.74, 6) is 0.278. The molecule has 5 nitrogen and oxygen atoms in total. The maximum absolute atomic E-state index is 12.3. The van der Waals surface area contributed by atoms with Gasteiger partial charge in [-0.05, 0) is 25.8 Å². The molecule has 0 spiro atoms. The van der Waals surface area contributed by atoms with Crippen molar-refractivity contribution in [3.63, 3.8) is 0 Å². The second-order valence-corrected chi connectivity index (χ2v) is 4.97. The normalized spacial score (nSPS) is 26.9. The van der Waals surface area contributed by atoms with E-state index in [0.717, 1.165) is 38.9 Å². The summed E-state index contributed by atoms with van der Waals surface area (Å²) in [7, 11) is 1.80. The number of likely N-dealkylation sites (N-methyl/N-ethyl adjacent to an activating group) is 1. The highest BCUT2D eigenvalue weighted by Crippen LogP contribution is 2.15. The van der Waals surface area contributed by atoms with Crippen molar-refractivity contribution in [3.8, 4) is 0 Å². The molecule has 2 fully saturated rings. The average molecular weight is 239 g/mol. The Balaban J connectivity index is 1.95. The summed E-state index contributed by atoms with van der Waals surface area (Å²) in [6, 6.07) is 0. The maximum atomic E-state index is 12.3. The van der Waals surface area contributed by atoms with Gasteiger partial charge >= 0.3 is 0 Å². The van der Waals surface area contributed by atoms with Crippen LogP contribution in [0.4, 0.5) is 0 Å². The van der Waals surface area contributed by atoms with Gasteiger partial charge in [-0.1, -0.05) is 0 Å². The van der Waals surface area contributed by atoms with E-state index in [4.69, 9.17) is 0 Å². The Morgan fingerprint density at radius 1 is 1.35 bits per heavy atom. The Kier molecular flexibility index (Phi) is 3.99. The number of carbonyl (C=O) groups excluding carboxylic acids is 2. The molecular weight excluding hydrogens is 218 g/mol. The molecule has 0 saturated carbocycles. The Bertz CT molecular complexity index is 300. The molecule has 2 amide bonds. The minimum atomic E-state index is 0.0552. The quantitative estimate of drug-likeness (QED) is 0.682. The standard InChI is InChI=1S/C12H21N3O2/c1-14-6-3-7-15(9-11(14)16)12(17)10-4-2-5-13-8-10/h10,13H,2-9H2,1H3. The number of nitrogens with zero attached hydrogens (tertiary/aromatic N) is 2. The second kappa shape index (κ2) is 5.49. The first-order valence-corrected chi connectivity index (χ1v) is 6.42. The van der Waals surface area contributed by atoms with Crippen LogP contribution in [0.1, 0.15) is 19.3 Å². The zero-order chi connectivity index (χ0) is 12.3. The third-order valence-electron chi connectivity index (χ3n) is 3.63. The molecule has 0 bridgehead atoms. The SMILES string of the molecule is CN1CCCN(C(=O)C2CCCNC2)CC1=O. The molecule has 1 atom stereocenters. The zero-order valence-corrected chi connectivity index (χ0v) is 10.4. The van der Waals surface area contributed by atoms with Crippen LogP contribution >= 0.6 is 0 Å². The van der Waals surface area contributed by atoms with Gasteiger partial charge in [0, 0.05) is 26.7 Å². The van der Waals surface area contributed by atoms with E-state index in [0.29, 0.717) is 6.54 Å². The summed E-state index contributed by atoms with van der Waals surface area (Å²) >= 11 is 0. The van der Waals surface area contributed by atoms with Crippen molar-refractivity contribution in [2.24, 2.45) is 5.92 Å². The number of amides is 2. The van der Waals surface area contributed by atoms with Crippen molar-refractivity contribution in [1.29, 1.82) is 0 Å². The number of hydrogen-bond donors (Lipinski definition) is 1. The predicted octanol–water partition coefficient (Wildman–Crippen LogP) is -0.323. The first-order chi connectivity index (χ1) is 8.18. The maximum Gasteiger partial charge on any atom is 0.241 e. The van der Waals surface area contributed by atoms with Crippen molar-refractivity contribution >= 4 is 11.8 Å². The lowest BCUT2D eigenvalue weighted by Crippen LogP contribution is -2.45. The molecule has 0 radical (unpaired) electrons. The van der Waals surface area contributed by atoms with Crippen LogP contribution in [-0.4, -0.2) is 61.4 Å². The first-order valence-electron chi connectivity index (χ1n) is 6.42. The van der Waals surface area contributed by atoms with Gasteiger partial charge in [0.1, 0.15) is 0 Å². The smallest absolute Gasteiger partial charge is 0.241 e. The van der Waals surface area contributed by atoms with E-state index >= 15 is 0 Å². The van der Waals surface area contributed by atoms with Gasteiger partial charge < -0.3 is 15.1 Å². The van der Waals surface area contributed by atoms with Crippen LogP contribution in [0.3, 0.4) is 0 Å². The summed E-state index contributed by atoms with van der Waals surface area (Å²) in [5.41, 5.74) is 0. The number of rotatable bonds is 1. The van der Waals surface area contributed by atoms with Crippen LogP contribution in [0, 0.1) is 5.92 Å². The number of hydrogen-bond acceptors (Lipinski definition) is 3. The van der Waals surface area contributed by atoms with Gasteiger partial charge in [-0.25, -0.2) is 0 Å². The van der Waals surface area contributed by atoms with Crippen LogP contribution < -0.4 is 5.32 Å². The van der Waals surface area contributed by atoms with Crippen molar-refractivity contribution in [2.45, 2.75) is 19.3 Å². The molecule has 2 rings (SSSR count). The van der Waals surface area contributed by atoms with Gasteiger partial charge in [0.05, 0.1) is 12.5 Å². The fourth-order valence-corrected chi connectivity index (χ4v) is 2.50. The van der Waals surface area contributed by atoms with Gasteiger partial charge in [-0.2, -0.15) is 0 Å². The molecule has 1 unspecified atom stereocenters. The van der Waals surface area contributed by atoms with Crippen LogP contribution in [0.5, 0.6) is 0 Å². The molecule has 5 heteroatoms. The Morgan fingerprint density at radius 3 is 2.88 bits per heavy atom. The third-order valence-corrected chi connectivity index (χ3v) is 3.63. The van der Waals surface area contributed by atoms with Gasteiger partial charge in [-0.15, -0.1) is 0 Å². The molecule has 2 aliphatic rings. The van der Waals surface area contributed by atoms with E-state index < -0.39 is 0 Å². The van der Waals surface area contributed by atoms with Crippen molar-refractivity contribution in [3.05, 3.63) is 0 Å². The van der Waals surface area contributed by atoms with E-state index in [2.05, 4.69) is 5.32 Å². The van der Waals surface area contributed by atoms with Crippen LogP contribution in [0.25, 0.3) is 0 Å². The minimum Gasteiger partial charge on any atom is -0.344 e. The highest BCUT2D eigenvalue weighted by Gasteiger charge is 2.29. The van der Waals surface area contributed by atoms with Crippen LogP contribution in [-0.2, 0) is 9.59 Å². The van der Waals surface area contributed by atoms with Crippen molar-refractivity contribution < 1.29 is 9.59 Å². The first kappa shape index (κ1) is 12.4. The Hall–Kier alpha value is -1.10. The lowest BCUT2D eigenvalue weighted by atomic mass is 9.98. The van der Waals surface area contributed by atoms with Gasteiger partial charge in [0.2, 0.25) is 11.8 Å². The fraction of sp³-hybridized carbons (Fsp3) is 0.833. The molecule has 96 valence electrons. The average Bonchev–Trinajstić information content (AvgIpc) is 2.52. The molecule has 0 aliphatic carbocycles. The highest BCUT2D eigenvalue weighted by molar-refractivity contribution is 5.86. The summed E-state index contributed by atoms with van der Waals surface area (Å²) in [6.45, 7) is 3.49. The molecule has 0 aromatic carbocycles. The molecule has 17 heavy (non-hydrogen) atoms. The second-order valence-electron chi connectivity index (χ2n) is 4.97. The minimum absolute atomic E-state index is 0.0552. The molecule has 2 saturated heterocycles. The third kappa shape index (κ3) is 2.97. The van der Waals surface area contributed by atoms with Crippen molar-refractivity contribution in [2.75, 3.05) is 39.8 Å². The molecule has 2 heterocycles. The zero-order valence-electron chi connectivity index (χ0n) is 10.4. The molecule has 0 aromatic heterocycles. The summed E-state index contributed by atoms with van der Waals surface area (Å²) in [6.07, 6.45) is 2.89. The lowest BCUT2D eigenvalue weighted by molar-refractivity contribution is -0.141. The lowest BCUT2D eigenvalue weighted by Gasteiger charge is -2.28. The summed E-state index contributed by atoms with van der Waals surface area (Å²) in [4.78, 5) is 27.5. The van der Waals surface area contributed by atoms with E-state index in [9.17, 15) is 9.59 Å². The monoisotopic (exact) mass is 239 g/mol. The van der Waals surface area contributed by atoms with E-state index in [-0.39, 0.29) is 24.3 Å². The number of nitrogens with one attached hydrogen (secondary N) is 1. The van der Waals surface area contributed by atoms with Gasteiger partial charge in [-0.3, -0.25) is 9.59 Å². The van der Waals surface area contributed by atoms with Crippen molar-refractivity contribution in [1.82, 2.24) is 15.1 Å². The van der Waals surface area contributed by atoms with Gasteiger partial charge in [0.25, 0.3) is 0 Å². The number of piperidine rings is 1. The molecule has 2 aliphatic heterocycles. The highest BCUT2D eigenvalue weighted by atomic mass is 16.2. The van der Waals surface area contributed by atoms with Crippen LogP contribution in [0.15, 0.2) is 0 Å².